The fourth-order valence-electron chi connectivity index (χ4n) is 4.35. The number of hydrogen-bond acceptors (Lipinski definition) is 5. The number of carboxylic acid groups (broad SMARTS) is 1. The summed E-state index contributed by atoms with van der Waals surface area (Å²) in [7, 11) is 4.82. The Labute approximate surface area is 201 Å². The predicted molar refractivity (Wildman–Crippen MR) is 130 cm³/mol. The average Bonchev–Trinajstić information content (AvgIpc) is 3.15. The Morgan fingerprint density at radius 2 is 2.03 bits per heavy atom. The fraction of sp³-hybridized carbons (Fsp3) is 0.391. The minimum Gasteiger partial charge on any atom is -0.465 e. The van der Waals surface area contributed by atoms with Crippen LogP contribution in [0.1, 0.15) is 28.9 Å². The number of carbonyl (C=O) groups is 2. The Morgan fingerprint density at radius 3 is 2.71 bits per heavy atom. The van der Waals surface area contributed by atoms with E-state index < -0.39 is 6.09 Å². The zero-order valence-electron chi connectivity index (χ0n) is 19.3. The Bertz CT molecular complexity index is 1310. The van der Waals surface area contributed by atoms with Crippen molar-refractivity contribution in [2.75, 3.05) is 32.1 Å². The second kappa shape index (κ2) is 9.38. The molecule has 2 amide bonds. The number of anilines is 1. The standard InChI is InChI=1S/C23H27ClN6O4/c1-27(2)20(31)18-11-17-19(21(32)28(18)3)30(12-14-7-4-5-9-16(14)24)22(26-17)29-10-6-8-15(13-29)25-23(33)34/h4-5,7,9,11,15,25H,6,8,10,12-13H2,1-3H3,(H,33,34)/t15-/m1/s1. The van der Waals surface area contributed by atoms with E-state index in [4.69, 9.17) is 21.7 Å². The molecule has 0 saturated carbocycles. The largest absolute Gasteiger partial charge is 0.465 e. The van der Waals surface area contributed by atoms with E-state index in [9.17, 15) is 14.4 Å². The molecule has 1 fully saturated rings. The summed E-state index contributed by atoms with van der Waals surface area (Å²) in [5.41, 5.74) is 1.48. The number of rotatable bonds is 5. The Balaban J connectivity index is 1.88. The molecule has 2 aromatic heterocycles. The average molecular weight is 487 g/mol. The summed E-state index contributed by atoms with van der Waals surface area (Å²) in [5, 5.41) is 12.3. The lowest BCUT2D eigenvalue weighted by molar-refractivity contribution is 0.0817. The highest BCUT2D eigenvalue weighted by Crippen LogP contribution is 2.27. The van der Waals surface area contributed by atoms with Gasteiger partial charge in [0.05, 0.1) is 12.1 Å². The van der Waals surface area contributed by atoms with Gasteiger partial charge in [0.25, 0.3) is 11.5 Å². The summed E-state index contributed by atoms with van der Waals surface area (Å²) in [5.74, 6) is 0.241. The number of carbonyl (C=O) groups excluding carboxylic acids is 1. The molecule has 1 aromatic carbocycles. The highest BCUT2D eigenvalue weighted by molar-refractivity contribution is 6.31. The van der Waals surface area contributed by atoms with Crippen LogP contribution in [0.3, 0.4) is 0 Å². The number of hydrogen-bond donors (Lipinski definition) is 2. The lowest BCUT2D eigenvalue weighted by atomic mass is 10.1. The summed E-state index contributed by atoms with van der Waals surface area (Å²) in [6.07, 6.45) is 0.413. The monoisotopic (exact) mass is 486 g/mol. The predicted octanol–water partition coefficient (Wildman–Crippen LogP) is 2.37. The van der Waals surface area contributed by atoms with Gasteiger partial charge in [0.2, 0.25) is 5.95 Å². The second-order valence-electron chi connectivity index (χ2n) is 8.65. The summed E-state index contributed by atoms with van der Waals surface area (Å²) in [4.78, 5) is 45.5. The number of imidazole rings is 1. The van der Waals surface area contributed by atoms with Gasteiger partial charge < -0.3 is 29.4 Å². The van der Waals surface area contributed by atoms with E-state index >= 15 is 0 Å². The van der Waals surface area contributed by atoms with Gasteiger partial charge in [-0.15, -0.1) is 0 Å². The first-order valence-electron chi connectivity index (χ1n) is 11.0. The van der Waals surface area contributed by atoms with Gasteiger partial charge in [-0.25, -0.2) is 9.78 Å². The number of fused-ring (bicyclic) bond motifs is 1. The van der Waals surface area contributed by atoms with Crippen LogP contribution in [0.4, 0.5) is 10.7 Å². The van der Waals surface area contributed by atoms with Gasteiger partial charge in [0.15, 0.2) is 0 Å². The normalized spacial score (nSPS) is 16.0. The van der Waals surface area contributed by atoms with Gasteiger partial charge in [-0.1, -0.05) is 29.8 Å². The first kappa shape index (κ1) is 23.6. The third-order valence-electron chi connectivity index (χ3n) is 6.06. The number of nitrogens with zero attached hydrogens (tertiary/aromatic N) is 5. The molecule has 10 nitrogen and oxygen atoms in total. The van der Waals surface area contributed by atoms with Crippen molar-refractivity contribution in [3.05, 3.63) is 57.0 Å². The number of amides is 2. The van der Waals surface area contributed by atoms with Crippen molar-refractivity contribution in [1.29, 1.82) is 0 Å². The third-order valence-corrected chi connectivity index (χ3v) is 6.43. The molecule has 1 saturated heterocycles. The summed E-state index contributed by atoms with van der Waals surface area (Å²) < 4.78 is 3.15. The van der Waals surface area contributed by atoms with E-state index in [2.05, 4.69) is 5.32 Å². The fourth-order valence-corrected chi connectivity index (χ4v) is 4.55. The molecule has 0 bridgehead atoms. The van der Waals surface area contributed by atoms with E-state index in [0.717, 1.165) is 18.4 Å². The molecule has 2 N–H and O–H groups in total. The molecule has 11 heteroatoms. The van der Waals surface area contributed by atoms with Crippen molar-refractivity contribution in [2.24, 2.45) is 7.05 Å². The smallest absolute Gasteiger partial charge is 0.404 e. The van der Waals surface area contributed by atoms with Crippen molar-refractivity contribution in [3.63, 3.8) is 0 Å². The molecule has 1 atom stereocenters. The van der Waals surface area contributed by atoms with Gasteiger partial charge in [0, 0.05) is 45.3 Å². The summed E-state index contributed by atoms with van der Waals surface area (Å²) in [6, 6.07) is 8.76. The van der Waals surface area contributed by atoms with Gasteiger partial charge in [-0.3, -0.25) is 9.59 Å². The van der Waals surface area contributed by atoms with Crippen LogP contribution < -0.4 is 15.8 Å². The van der Waals surface area contributed by atoms with Crippen molar-refractivity contribution in [3.8, 4) is 0 Å². The molecular weight excluding hydrogens is 460 g/mol. The van der Waals surface area contributed by atoms with Gasteiger partial charge in [-0.05, 0) is 30.5 Å². The zero-order valence-corrected chi connectivity index (χ0v) is 20.0. The number of piperidine rings is 1. The Kier molecular flexibility index (Phi) is 6.52. The van der Waals surface area contributed by atoms with Gasteiger partial charge in [0.1, 0.15) is 11.2 Å². The highest BCUT2D eigenvalue weighted by Gasteiger charge is 2.28. The maximum absolute atomic E-state index is 13.5. The second-order valence-corrected chi connectivity index (χ2v) is 9.06. The summed E-state index contributed by atoms with van der Waals surface area (Å²) in [6.45, 7) is 1.38. The quantitative estimate of drug-likeness (QED) is 0.572. The van der Waals surface area contributed by atoms with Crippen molar-refractivity contribution < 1.29 is 14.7 Å². The lowest BCUT2D eigenvalue weighted by Crippen LogP contribution is -2.48. The van der Waals surface area contributed by atoms with Gasteiger partial charge >= 0.3 is 6.09 Å². The lowest BCUT2D eigenvalue weighted by Gasteiger charge is -2.33. The number of benzene rings is 1. The molecule has 34 heavy (non-hydrogen) atoms. The molecule has 0 radical (unpaired) electrons. The number of nitrogens with one attached hydrogen (secondary N) is 1. The molecular formula is C23H27ClN6O4. The maximum atomic E-state index is 13.5. The third kappa shape index (κ3) is 4.45. The first-order chi connectivity index (χ1) is 16.2. The minimum atomic E-state index is -1.07. The highest BCUT2D eigenvalue weighted by atomic mass is 35.5. The zero-order chi connectivity index (χ0) is 24.6. The van der Waals surface area contributed by atoms with Crippen LogP contribution in [0.2, 0.25) is 5.02 Å². The topological polar surface area (TPSA) is 113 Å². The number of aromatic nitrogens is 3. The Hall–Kier alpha value is -3.53. The first-order valence-corrected chi connectivity index (χ1v) is 11.3. The van der Waals surface area contributed by atoms with E-state index in [0.29, 0.717) is 41.6 Å². The molecule has 0 unspecified atom stereocenters. The molecule has 1 aliphatic heterocycles. The van der Waals surface area contributed by atoms with E-state index in [1.807, 2.05) is 27.7 Å². The van der Waals surface area contributed by atoms with Crippen molar-refractivity contribution in [1.82, 2.24) is 24.3 Å². The molecule has 3 aromatic rings. The van der Waals surface area contributed by atoms with Crippen LogP contribution in [0.25, 0.3) is 11.0 Å². The van der Waals surface area contributed by atoms with Gasteiger partial charge in [-0.2, -0.15) is 0 Å². The van der Waals surface area contributed by atoms with E-state index in [-0.39, 0.29) is 23.2 Å². The van der Waals surface area contributed by atoms with Crippen LogP contribution in [0.5, 0.6) is 0 Å². The number of halogens is 1. The number of pyridine rings is 1. The van der Waals surface area contributed by atoms with E-state index in [1.54, 1.807) is 33.3 Å². The molecule has 0 spiro atoms. The minimum absolute atomic E-state index is 0.237. The maximum Gasteiger partial charge on any atom is 0.404 e. The van der Waals surface area contributed by atoms with Crippen LogP contribution in [0.15, 0.2) is 35.1 Å². The van der Waals surface area contributed by atoms with Crippen molar-refractivity contribution in [2.45, 2.75) is 25.4 Å². The molecule has 4 rings (SSSR count). The van der Waals surface area contributed by atoms with Crippen LogP contribution in [0, 0.1) is 0 Å². The molecule has 3 heterocycles. The molecule has 180 valence electrons. The van der Waals surface area contributed by atoms with Crippen LogP contribution in [-0.2, 0) is 13.6 Å². The van der Waals surface area contributed by atoms with Crippen LogP contribution >= 0.6 is 11.6 Å². The molecule has 1 aliphatic rings. The summed E-state index contributed by atoms with van der Waals surface area (Å²) >= 11 is 6.43. The van der Waals surface area contributed by atoms with Crippen LogP contribution in [-0.4, -0.2) is 69.4 Å². The van der Waals surface area contributed by atoms with E-state index in [1.165, 1.54) is 9.47 Å². The van der Waals surface area contributed by atoms with Crippen molar-refractivity contribution >= 4 is 40.6 Å². The SMILES string of the molecule is CN(C)C(=O)c1cc2nc(N3CCC[C@@H](NC(=O)O)C3)n(Cc3ccccc3Cl)c2c(=O)n1C. The molecule has 0 aliphatic carbocycles. The Morgan fingerprint density at radius 1 is 1.29 bits per heavy atom.